The van der Waals surface area contributed by atoms with E-state index in [4.69, 9.17) is 0 Å². The first-order chi connectivity index (χ1) is 13.5. The molecule has 1 atom stereocenters. The predicted molar refractivity (Wildman–Crippen MR) is 111 cm³/mol. The van der Waals surface area contributed by atoms with Gasteiger partial charge in [-0.3, -0.25) is 4.68 Å². The number of nitrogens with one attached hydrogen (secondary N) is 2. The zero-order valence-electron chi connectivity index (χ0n) is 17.0. The number of aromatic nitrogens is 3. The van der Waals surface area contributed by atoms with Gasteiger partial charge in [0, 0.05) is 44.6 Å². The molecule has 8 heteroatoms. The zero-order valence-corrected chi connectivity index (χ0v) is 17.0. The van der Waals surface area contributed by atoms with Gasteiger partial charge in [-0.05, 0) is 38.3 Å². The van der Waals surface area contributed by atoms with Crippen molar-refractivity contribution in [3.8, 4) is 0 Å². The maximum Gasteiger partial charge on any atom is 0.191 e. The van der Waals surface area contributed by atoms with Crippen molar-refractivity contribution in [1.82, 2.24) is 25.4 Å². The Hall–Kier alpha value is -2.61. The van der Waals surface area contributed by atoms with Gasteiger partial charge >= 0.3 is 0 Å². The number of guanidine groups is 1. The summed E-state index contributed by atoms with van der Waals surface area (Å²) < 4.78 is 1.68. The number of nitrogens with zero attached hydrogens (tertiary/aromatic N) is 5. The minimum absolute atomic E-state index is 0.330. The minimum atomic E-state index is -1.04. The quantitative estimate of drug-likeness (QED) is 0.493. The van der Waals surface area contributed by atoms with Gasteiger partial charge in [0.2, 0.25) is 0 Å². The highest BCUT2D eigenvalue weighted by molar-refractivity contribution is 5.79. The Labute approximate surface area is 166 Å². The Bertz CT molecular complexity index is 776. The number of aliphatic hydroxyl groups is 1. The molecule has 2 aromatic heterocycles. The molecule has 3 N–H and O–H groups in total. The van der Waals surface area contributed by atoms with Crippen molar-refractivity contribution in [2.45, 2.75) is 38.8 Å². The van der Waals surface area contributed by atoms with Crippen molar-refractivity contribution in [2.24, 2.45) is 12.0 Å². The Kier molecular flexibility index (Phi) is 6.51. The monoisotopic (exact) mass is 385 g/mol. The highest BCUT2D eigenvalue weighted by Gasteiger charge is 2.25. The second-order valence-corrected chi connectivity index (χ2v) is 7.44. The Balaban J connectivity index is 1.59. The van der Waals surface area contributed by atoms with Crippen molar-refractivity contribution in [3.05, 3.63) is 41.9 Å². The molecule has 1 aliphatic heterocycles. The van der Waals surface area contributed by atoms with Crippen LogP contribution in [0.4, 0.5) is 5.82 Å². The first-order valence-electron chi connectivity index (χ1n) is 9.91. The lowest BCUT2D eigenvalue weighted by Crippen LogP contribution is -2.44. The van der Waals surface area contributed by atoms with Crippen molar-refractivity contribution in [2.75, 3.05) is 31.1 Å². The fraction of sp³-hybridized carbons (Fsp3) is 0.550. The standard InChI is InChI=1S/C20H31N7O/c1-4-21-19(24-15-20(2,28)17-13-25-26(3)14-17)23-12-16-7-8-18(22-11-16)27-9-5-6-10-27/h7-8,11,13-14,28H,4-6,9-10,12,15H2,1-3H3,(H2,21,23,24). The minimum Gasteiger partial charge on any atom is -0.383 e. The van der Waals surface area contributed by atoms with Crippen molar-refractivity contribution < 1.29 is 5.11 Å². The van der Waals surface area contributed by atoms with E-state index >= 15 is 0 Å². The highest BCUT2D eigenvalue weighted by Crippen LogP contribution is 2.19. The molecule has 0 spiro atoms. The third-order valence-electron chi connectivity index (χ3n) is 4.93. The van der Waals surface area contributed by atoms with Crippen LogP contribution >= 0.6 is 0 Å². The summed E-state index contributed by atoms with van der Waals surface area (Å²) >= 11 is 0. The fourth-order valence-electron chi connectivity index (χ4n) is 3.21. The highest BCUT2D eigenvalue weighted by atomic mass is 16.3. The predicted octanol–water partition coefficient (Wildman–Crippen LogP) is 1.38. The summed E-state index contributed by atoms with van der Waals surface area (Å²) in [4.78, 5) is 11.5. The van der Waals surface area contributed by atoms with E-state index in [-0.39, 0.29) is 0 Å². The molecule has 28 heavy (non-hydrogen) atoms. The molecule has 3 heterocycles. The topological polar surface area (TPSA) is 90.6 Å². The average molecular weight is 386 g/mol. The van der Waals surface area contributed by atoms with E-state index in [0.717, 1.165) is 36.6 Å². The summed E-state index contributed by atoms with van der Waals surface area (Å²) in [5.41, 5.74) is 0.780. The van der Waals surface area contributed by atoms with Gasteiger partial charge in [-0.25, -0.2) is 9.98 Å². The van der Waals surface area contributed by atoms with Gasteiger partial charge in [0.15, 0.2) is 5.96 Å². The van der Waals surface area contributed by atoms with Gasteiger partial charge < -0.3 is 20.6 Å². The van der Waals surface area contributed by atoms with Crippen LogP contribution in [-0.2, 0) is 19.2 Å². The Morgan fingerprint density at radius 3 is 2.64 bits per heavy atom. The molecule has 0 aliphatic carbocycles. The van der Waals surface area contributed by atoms with Crippen LogP contribution in [0.3, 0.4) is 0 Å². The molecule has 1 saturated heterocycles. The van der Waals surface area contributed by atoms with Gasteiger partial charge in [-0.15, -0.1) is 0 Å². The molecule has 0 radical (unpaired) electrons. The summed E-state index contributed by atoms with van der Waals surface area (Å²) in [5, 5.41) is 21.3. The number of aryl methyl sites for hydroxylation is 1. The molecular weight excluding hydrogens is 354 g/mol. The second-order valence-electron chi connectivity index (χ2n) is 7.44. The lowest BCUT2D eigenvalue weighted by Gasteiger charge is -2.23. The van der Waals surface area contributed by atoms with Crippen LogP contribution in [0.25, 0.3) is 0 Å². The van der Waals surface area contributed by atoms with Crippen molar-refractivity contribution >= 4 is 11.8 Å². The molecule has 1 aliphatic rings. The van der Waals surface area contributed by atoms with Gasteiger partial charge in [0.05, 0.1) is 19.3 Å². The summed E-state index contributed by atoms with van der Waals surface area (Å²) in [7, 11) is 1.83. The smallest absolute Gasteiger partial charge is 0.191 e. The van der Waals surface area contributed by atoms with Crippen LogP contribution in [0.15, 0.2) is 35.7 Å². The Morgan fingerprint density at radius 2 is 2.04 bits per heavy atom. The van der Waals surface area contributed by atoms with E-state index in [1.165, 1.54) is 12.8 Å². The van der Waals surface area contributed by atoms with Crippen molar-refractivity contribution in [3.63, 3.8) is 0 Å². The van der Waals surface area contributed by atoms with E-state index in [9.17, 15) is 5.11 Å². The number of pyridine rings is 1. The maximum absolute atomic E-state index is 10.7. The molecule has 0 saturated carbocycles. The fourth-order valence-corrected chi connectivity index (χ4v) is 3.21. The summed E-state index contributed by atoms with van der Waals surface area (Å²) in [6.07, 6.45) is 7.88. The molecular formula is C20H31N7O. The normalized spacial score (nSPS) is 16.9. The van der Waals surface area contributed by atoms with Crippen molar-refractivity contribution in [1.29, 1.82) is 0 Å². The van der Waals surface area contributed by atoms with E-state index in [2.05, 4.69) is 42.7 Å². The molecule has 1 fully saturated rings. The molecule has 1 unspecified atom stereocenters. The molecule has 0 bridgehead atoms. The summed E-state index contributed by atoms with van der Waals surface area (Å²) in [5.74, 6) is 1.71. The SMILES string of the molecule is CCNC(=NCc1ccc(N2CCCC2)nc1)NCC(C)(O)c1cnn(C)c1. The summed E-state index contributed by atoms with van der Waals surface area (Å²) in [6, 6.07) is 4.16. The van der Waals surface area contributed by atoms with Crippen LogP contribution in [0, 0.1) is 0 Å². The maximum atomic E-state index is 10.7. The molecule has 2 aromatic rings. The third kappa shape index (κ3) is 5.22. The van der Waals surface area contributed by atoms with Gasteiger partial charge in [-0.2, -0.15) is 5.10 Å². The summed E-state index contributed by atoms with van der Waals surface area (Å²) in [6.45, 7) is 7.57. The first-order valence-corrected chi connectivity index (χ1v) is 9.91. The number of anilines is 1. The zero-order chi connectivity index (χ0) is 20.0. The number of aliphatic imine (C=N–C) groups is 1. The first kappa shape index (κ1) is 20.1. The van der Waals surface area contributed by atoms with Gasteiger partial charge in [0.25, 0.3) is 0 Å². The molecule has 0 amide bonds. The van der Waals surface area contributed by atoms with E-state index in [1.54, 1.807) is 17.8 Å². The van der Waals surface area contributed by atoms with Crippen LogP contribution < -0.4 is 15.5 Å². The molecule has 3 rings (SSSR count). The average Bonchev–Trinajstić information content (AvgIpc) is 3.37. The second kappa shape index (κ2) is 9.05. The Morgan fingerprint density at radius 1 is 1.25 bits per heavy atom. The van der Waals surface area contributed by atoms with Crippen LogP contribution in [-0.4, -0.2) is 52.0 Å². The molecule has 8 nitrogen and oxygen atoms in total. The van der Waals surface area contributed by atoms with E-state index < -0.39 is 5.60 Å². The van der Waals surface area contributed by atoms with E-state index in [0.29, 0.717) is 19.0 Å². The number of hydrogen-bond acceptors (Lipinski definition) is 5. The van der Waals surface area contributed by atoms with Gasteiger partial charge in [0.1, 0.15) is 11.4 Å². The van der Waals surface area contributed by atoms with Crippen LogP contribution in [0.5, 0.6) is 0 Å². The largest absolute Gasteiger partial charge is 0.383 e. The lowest BCUT2D eigenvalue weighted by atomic mass is 10.00. The number of rotatable bonds is 7. The number of hydrogen-bond donors (Lipinski definition) is 3. The van der Waals surface area contributed by atoms with Crippen LogP contribution in [0.2, 0.25) is 0 Å². The van der Waals surface area contributed by atoms with E-state index in [1.807, 2.05) is 26.4 Å². The lowest BCUT2D eigenvalue weighted by molar-refractivity contribution is 0.0616. The van der Waals surface area contributed by atoms with Gasteiger partial charge in [-0.1, -0.05) is 6.07 Å². The molecule has 152 valence electrons. The molecule has 0 aromatic carbocycles. The van der Waals surface area contributed by atoms with Crippen LogP contribution in [0.1, 0.15) is 37.8 Å². The third-order valence-corrected chi connectivity index (χ3v) is 4.93.